The molecule has 0 aliphatic carbocycles. The number of alkyl halides is 1. The summed E-state index contributed by atoms with van der Waals surface area (Å²) in [6, 6.07) is 0. The largest absolute Gasteiger partial charge is 0.469 e. The van der Waals surface area contributed by atoms with Crippen molar-refractivity contribution >= 4 is 29.5 Å². The molecule has 3 N–H and O–H groups in total. The number of phosphoric acid groups is 1. The number of hydrogen-bond donors (Lipinski definition) is 3. The number of carbonyl (C=O) groups is 1. The lowest BCUT2D eigenvalue weighted by molar-refractivity contribution is -0.131. The summed E-state index contributed by atoms with van der Waals surface area (Å²) in [5, 5.41) is 9.68. The Morgan fingerprint density at radius 2 is 2.19 bits per heavy atom. The van der Waals surface area contributed by atoms with Crippen LogP contribution in [0.3, 0.4) is 0 Å². The average molecular weight is 317 g/mol. The molecular formula is C8H14BrO6P. The first-order chi connectivity index (χ1) is 7.08. The minimum absolute atomic E-state index is 0.0438. The molecule has 2 atom stereocenters. The fourth-order valence-corrected chi connectivity index (χ4v) is 2.33. The van der Waals surface area contributed by atoms with Crippen LogP contribution in [0.25, 0.3) is 0 Å². The summed E-state index contributed by atoms with van der Waals surface area (Å²) in [7, 11) is -4.53. The van der Waals surface area contributed by atoms with Crippen molar-refractivity contribution in [3.63, 3.8) is 0 Å². The van der Waals surface area contributed by atoms with Crippen molar-refractivity contribution in [2.75, 3.05) is 6.61 Å². The number of ketones is 1. The van der Waals surface area contributed by atoms with Crippen molar-refractivity contribution in [1.29, 1.82) is 0 Å². The Morgan fingerprint density at radius 1 is 1.69 bits per heavy atom. The van der Waals surface area contributed by atoms with E-state index in [-0.39, 0.29) is 13.0 Å². The highest BCUT2D eigenvalue weighted by Crippen LogP contribution is 2.36. The number of hydrogen-bond acceptors (Lipinski definition) is 4. The van der Waals surface area contributed by atoms with Crippen molar-refractivity contribution in [2.24, 2.45) is 0 Å². The van der Waals surface area contributed by atoms with Gasteiger partial charge in [0.2, 0.25) is 0 Å². The van der Waals surface area contributed by atoms with E-state index in [0.29, 0.717) is 0 Å². The summed E-state index contributed by atoms with van der Waals surface area (Å²) in [4.78, 5) is 27.5. The van der Waals surface area contributed by atoms with Crippen LogP contribution < -0.4 is 0 Å². The highest BCUT2D eigenvalue weighted by atomic mass is 79.9. The van der Waals surface area contributed by atoms with E-state index < -0.39 is 24.0 Å². The van der Waals surface area contributed by atoms with E-state index in [9.17, 15) is 14.5 Å². The summed E-state index contributed by atoms with van der Waals surface area (Å²) in [6.45, 7) is 4.22. The van der Waals surface area contributed by atoms with Gasteiger partial charge in [-0.15, -0.1) is 0 Å². The van der Waals surface area contributed by atoms with E-state index in [0.717, 1.165) is 6.08 Å². The van der Waals surface area contributed by atoms with E-state index in [1.807, 2.05) is 0 Å². The molecule has 6 nitrogen and oxygen atoms in total. The average Bonchev–Trinajstić information content (AvgIpc) is 2.11. The van der Waals surface area contributed by atoms with Gasteiger partial charge in [0.15, 0.2) is 5.78 Å². The van der Waals surface area contributed by atoms with Gasteiger partial charge in [0.25, 0.3) is 0 Å². The minimum Gasteiger partial charge on any atom is -0.382 e. The van der Waals surface area contributed by atoms with Gasteiger partial charge in [-0.2, -0.15) is 0 Å². The zero-order valence-corrected chi connectivity index (χ0v) is 11.1. The first-order valence-corrected chi connectivity index (χ1v) is 6.76. The first-order valence-electron chi connectivity index (χ1n) is 4.32. The molecule has 94 valence electrons. The smallest absolute Gasteiger partial charge is 0.382 e. The second-order valence-electron chi connectivity index (χ2n) is 3.43. The van der Waals surface area contributed by atoms with Gasteiger partial charge in [0.05, 0.1) is 6.61 Å². The fraction of sp³-hybridized carbons (Fsp3) is 0.625. The van der Waals surface area contributed by atoms with Crippen molar-refractivity contribution in [1.82, 2.24) is 0 Å². The molecule has 0 spiro atoms. The lowest BCUT2D eigenvalue weighted by Gasteiger charge is -2.23. The van der Waals surface area contributed by atoms with E-state index in [4.69, 9.17) is 9.79 Å². The molecule has 0 aromatic heterocycles. The van der Waals surface area contributed by atoms with E-state index in [1.54, 1.807) is 0 Å². The van der Waals surface area contributed by atoms with Gasteiger partial charge in [-0.1, -0.05) is 22.5 Å². The number of halogens is 1. The maximum absolute atomic E-state index is 11.2. The third-order valence-corrected chi connectivity index (χ3v) is 2.83. The summed E-state index contributed by atoms with van der Waals surface area (Å²) in [6.07, 6.45) is 0.946. The molecule has 0 radical (unpaired) electrons. The Bertz CT molecular complexity index is 310. The second-order valence-corrected chi connectivity index (χ2v) is 5.96. The van der Waals surface area contributed by atoms with Gasteiger partial charge >= 0.3 is 7.82 Å². The Morgan fingerprint density at radius 3 is 2.56 bits per heavy atom. The van der Waals surface area contributed by atoms with Crippen LogP contribution in [-0.2, 0) is 13.9 Å². The lowest BCUT2D eigenvalue weighted by atomic mass is 9.95. The Kier molecular flexibility index (Phi) is 6.03. The quantitative estimate of drug-likeness (QED) is 0.364. The number of aliphatic hydroxyl groups is 1. The molecule has 0 aromatic rings. The summed E-state index contributed by atoms with van der Waals surface area (Å²) in [5.74, 6) is -0.562. The second kappa shape index (κ2) is 6.05. The molecule has 0 saturated carbocycles. The van der Waals surface area contributed by atoms with Crippen LogP contribution in [-0.4, -0.2) is 37.7 Å². The van der Waals surface area contributed by atoms with Gasteiger partial charge in [-0.3, -0.25) is 9.32 Å². The van der Waals surface area contributed by atoms with Gasteiger partial charge in [-0.25, -0.2) is 4.57 Å². The van der Waals surface area contributed by atoms with Gasteiger partial charge in [0, 0.05) is 4.83 Å². The zero-order chi connectivity index (χ0) is 13.0. The molecule has 2 unspecified atom stereocenters. The van der Waals surface area contributed by atoms with Crippen molar-refractivity contribution in [3.8, 4) is 0 Å². The molecule has 0 fully saturated rings. The van der Waals surface area contributed by atoms with E-state index >= 15 is 0 Å². The van der Waals surface area contributed by atoms with Gasteiger partial charge in [-0.05, 0) is 19.4 Å². The Labute approximate surface area is 102 Å². The van der Waals surface area contributed by atoms with E-state index in [2.05, 4.69) is 27.0 Å². The maximum atomic E-state index is 11.2. The van der Waals surface area contributed by atoms with Crippen LogP contribution in [0, 0.1) is 0 Å². The lowest BCUT2D eigenvalue weighted by Crippen LogP contribution is -2.37. The summed E-state index contributed by atoms with van der Waals surface area (Å²) >= 11 is 3.05. The number of rotatable bonds is 7. The molecule has 0 aliphatic rings. The molecule has 0 rings (SSSR count). The Balaban J connectivity index is 4.24. The molecule has 0 amide bonds. The number of carbonyl (C=O) groups excluding carboxylic acids is 1. The Hall–Kier alpha value is -0.0400. The molecular weight excluding hydrogens is 303 g/mol. The normalized spacial score (nSPS) is 17.6. The van der Waals surface area contributed by atoms with Crippen molar-refractivity contribution in [3.05, 3.63) is 12.7 Å². The molecule has 0 bridgehead atoms. The zero-order valence-electron chi connectivity index (χ0n) is 8.67. The fourth-order valence-electron chi connectivity index (χ4n) is 0.989. The standard InChI is InChI=1S/C8H14BrO6P/c1-3-7(10)8(2,11)4-6(9)5-15-16(12,13)14/h3,6,11H,1,4-5H2,2H3,(H2,12,13,14). The van der Waals surface area contributed by atoms with Gasteiger partial charge in [0.1, 0.15) is 5.60 Å². The van der Waals surface area contributed by atoms with Crippen LogP contribution >= 0.6 is 23.8 Å². The van der Waals surface area contributed by atoms with Crippen LogP contribution in [0.4, 0.5) is 0 Å². The monoisotopic (exact) mass is 316 g/mol. The van der Waals surface area contributed by atoms with Crippen LogP contribution in [0.2, 0.25) is 0 Å². The predicted molar refractivity (Wildman–Crippen MR) is 61.2 cm³/mol. The van der Waals surface area contributed by atoms with Crippen LogP contribution in [0.1, 0.15) is 13.3 Å². The minimum atomic E-state index is -4.53. The summed E-state index contributed by atoms with van der Waals surface area (Å²) in [5.41, 5.74) is -1.63. The third kappa shape index (κ3) is 6.52. The molecule has 0 heterocycles. The van der Waals surface area contributed by atoms with Crippen LogP contribution in [0.15, 0.2) is 12.7 Å². The van der Waals surface area contributed by atoms with Crippen molar-refractivity contribution in [2.45, 2.75) is 23.8 Å². The molecule has 0 aliphatic heterocycles. The van der Waals surface area contributed by atoms with Gasteiger partial charge < -0.3 is 14.9 Å². The molecule has 0 saturated heterocycles. The van der Waals surface area contributed by atoms with Crippen molar-refractivity contribution < 1.29 is 28.8 Å². The maximum Gasteiger partial charge on any atom is 0.469 e. The predicted octanol–water partition coefficient (Wildman–Crippen LogP) is 0.755. The molecule has 0 aromatic carbocycles. The first kappa shape index (κ1) is 16.0. The SMILES string of the molecule is C=CC(=O)C(C)(O)CC(Br)COP(=O)(O)O. The number of phosphoric ester groups is 1. The molecule has 16 heavy (non-hydrogen) atoms. The van der Waals surface area contributed by atoms with Crippen LogP contribution in [0.5, 0.6) is 0 Å². The summed E-state index contributed by atoms with van der Waals surface area (Å²) < 4.78 is 14.6. The highest BCUT2D eigenvalue weighted by Gasteiger charge is 2.31. The third-order valence-electron chi connectivity index (χ3n) is 1.76. The highest BCUT2D eigenvalue weighted by molar-refractivity contribution is 9.09. The van der Waals surface area contributed by atoms with E-state index in [1.165, 1.54) is 6.92 Å². The topological polar surface area (TPSA) is 104 Å². The molecule has 8 heteroatoms.